The van der Waals surface area contributed by atoms with Gasteiger partial charge >= 0.3 is 0 Å². The number of nitrogens with one attached hydrogen (secondary N) is 1. The van der Waals surface area contributed by atoms with Crippen molar-refractivity contribution in [3.05, 3.63) is 37.7 Å². The molecule has 0 radical (unpaired) electrons. The zero-order chi connectivity index (χ0) is 11.7. The van der Waals surface area contributed by atoms with E-state index in [0.717, 1.165) is 14.4 Å². The van der Waals surface area contributed by atoms with Crippen molar-refractivity contribution in [3.8, 4) is 0 Å². The molecule has 2 rings (SSSR count). The Hall–Kier alpha value is -0.400. The first-order valence-corrected chi connectivity index (χ1v) is 6.51. The van der Waals surface area contributed by atoms with Crippen LogP contribution in [-0.4, -0.2) is 9.78 Å². The van der Waals surface area contributed by atoms with E-state index < -0.39 is 0 Å². The van der Waals surface area contributed by atoms with Crippen molar-refractivity contribution < 1.29 is 0 Å². The number of hydrogen-bond donors (Lipinski definition) is 2. The number of aromatic nitrogens is 2. The Morgan fingerprint density at radius 3 is 2.81 bits per heavy atom. The third-order valence-electron chi connectivity index (χ3n) is 2.26. The lowest BCUT2D eigenvalue weighted by atomic mass is 10.2. The largest absolute Gasteiger partial charge is 0.270 e. The van der Waals surface area contributed by atoms with Crippen LogP contribution < -0.4 is 11.3 Å². The Morgan fingerprint density at radius 2 is 2.38 bits per heavy atom. The fourth-order valence-electron chi connectivity index (χ4n) is 1.52. The first-order chi connectivity index (χ1) is 7.63. The van der Waals surface area contributed by atoms with Gasteiger partial charge in [-0.3, -0.25) is 10.5 Å². The van der Waals surface area contributed by atoms with E-state index in [1.807, 2.05) is 19.2 Å². The van der Waals surface area contributed by atoms with E-state index in [9.17, 15) is 0 Å². The number of thiophene rings is 1. The van der Waals surface area contributed by atoms with Gasteiger partial charge in [0, 0.05) is 11.9 Å². The third kappa shape index (κ3) is 2.16. The maximum absolute atomic E-state index is 6.09. The van der Waals surface area contributed by atoms with Crippen molar-refractivity contribution in [3.63, 3.8) is 0 Å². The van der Waals surface area contributed by atoms with E-state index in [0.29, 0.717) is 5.02 Å². The van der Waals surface area contributed by atoms with E-state index in [2.05, 4.69) is 26.5 Å². The molecule has 0 aliphatic carbocycles. The lowest BCUT2D eigenvalue weighted by Gasteiger charge is -2.15. The number of hydrogen-bond acceptors (Lipinski definition) is 4. The van der Waals surface area contributed by atoms with Gasteiger partial charge in [-0.1, -0.05) is 11.6 Å². The van der Waals surface area contributed by atoms with Crippen molar-refractivity contribution in [2.45, 2.75) is 6.04 Å². The summed E-state index contributed by atoms with van der Waals surface area (Å²) in [5.41, 5.74) is 3.62. The monoisotopic (exact) mass is 320 g/mol. The molecule has 16 heavy (non-hydrogen) atoms. The van der Waals surface area contributed by atoms with Crippen LogP contribution in [0.4, 0.5) is 0 Å². The van der Waals surface area contributed by atoms with E-state index in [1.54, 1.807) is 22.2 Å². The molecule has 0 saturated heterocycles. The summed E-state index contributed by atoms with van der Waals surface area (Å²) >= 11 is 11.1. The Balaban J connectivity index is 2.44. The highest BCUT2D eigenvalue weighted by molar-refractivity contribution is 9.11. The smallest absolute Gasteiger partial charge is 0.0985 e. The van der Waals surface area contributed by atoms with Crippen molar-refractivity contribution in [2.24, 2.45) is 12.9 Å². The summed E-state index contributed by atoms with van der Waals surface area (Å²) in [6.45, 7) is 0. The van der Waals surface area contributed by atoms with E-state index >= 15 is 0 Å². The fraction of sp³-hybridized carbons (Fsp3) is 0.222. The Labute approximate surface area is 110 Å². The molecule has 1 atom stereocenters. The molecule has 4 nitrogen and oxygen atoms in total. The van der Waals surface area contributed by atoms with Crippen LogP contribution in [0.5, 0.6) is 0 Å². The predicted octanol–water partition coefficient (Wildman–Crippen LogP) is 2.45. The average molecular weight is 322 g/mol. The summed E-state index contributed by atoms with van der Waals surface area (Å²) in [5.74, 6) is 5.58. The third-order valence-corrected chi connectivity index (χ3v) is 4.24. The van der Waals surface area contributed by atoms with Crippen LogP contribution in [0.3, 0.4) is 0 Å². The van der Waals surface area contributed by atoms with Gasteiger partial charge in [0.25, 0.3) is 0 Å². The first-order valence-electron chi connectivity index (χ1n) is 4.52. The summed E-state index contributed by atoms with van der Waals surface area (Å²) in [7, 11) is 1.84. The average Bonchev–Trinajstić information content (AvgIpc) is 2.80. The number of hydrazine groups is 1. The van der Waals surface area contributed by atoms with Gasteiger partial charge in [-0.05, 0) is 28.1 Å². The molecule has 0 aliphatic rings. The normalized spacial score (nSPS) is 13.0. The van der Waals surface area contributed by atoms with Crippen LogP contribution >= 0.6 is 38.9 Å². The lowest BCUT2D eigenvalue weighted by molar-refractivity contribution is 0.582. The second-order valence-corrected chi connectivity index (χ2v) is 6.14. The Morgan fingerprint density at radius 1 is 1.62 bits per heavy atom. The summed E-state index contributed by atoms with van der Waals surface area (Å²) < 4.78 is 2.78. The van der Waals surface area contributed by atoms with Gasteiger partial charge < -0.3 is 0 Å². The standard InChI is InChI=1S/C9H10BrClN4S/c1-15-9(5(11)4-13-15)8(14-12)6-2-3-7(10)16-6/h2-4,8,14H,12H2,1H3. The fourth-order valence-corrected chi connectivity index (χ4v) is 3.29. The van der Waals surface area contributed by atoms with E-state index in [-0.39, 0.29) is 6.04 Å². The summed E-state index contributed by atoms with van der Waals surface area (Å²) in [4.78, 5) is 1.08. The predicted molar refractivity (Wildman–Crippen MR) is 69.4 cm³/mol. The zero-order valence-corrected chi connectivity index (χ0v) is 11.6. The Kier molecular flexibility index (Phi) is 3.66. The van der Waals surface area contributed by atoms with Crippen molar-refractivity contribution in [2.75, 3.05) is 0 Å². The molecule has 0 bridgehead atoms. The molecule has 0 fully saturated rings. The molecule has 86 valence electrons. The minimum Gasteiger partial charge on any atom is -0.270 e. The highest BCUT2D eigenvalue weighted by Gasteiger charge is 2.21. The van der Waals surface area contributed by atoms with Crippen molar-refractivity contribution in [1.82, 2.24) is 15.2 Å². The summed E-state index contributed by atoms with van der Waals surface area (Å²) in [6.07, 6.45) is 1.61. The highest BCUT2D eigenvalue weighted by atomic mass is 79.9. The molecule has 0 aromatic carbocycles. The molecule has 0 saturated carbocycles. The van der Waals surface area contributed by atoms with Crippen LogP contribution in [0, 0.1) is 0 Å². The second-order valence-electron chi connectivity index (χ2n) is 3.24. The molecule has 0 aliphatic heterocycles. The molecule has 0 amide bonds. The minimum atomic E-state index is -0.142. The van der Waals surface area contributed by atoms with E-state index in [4.69, 9.17) is 17.4 Å². The first kappa shape index (κ1) is 12.1. The molecule has 1 unspecified atom stereocenters. The molecular weight excluding hydrogens is 312 g/mol. The van der Waals surface area contributed by atoms with E-state index in [1.165, 1.54) is 0 Å². The maximum Gasteiger partial charge on any atom is 0.0985 e. The van der Waals surface area contributed by atoms with Gasteiger partial charge in [0.1, 0.15) is 0 Å². The van der Waals surface area contributed by atoms with Crippen LogP contribution in [-0.2, 0) is 7.05 Å². The number of nitrogens with two attached hydrogens (primary N) is 1. The molecule has 2 aromatic rings. The van der Waals surface area contributed by atoms with Crippen LogP contribution in [0.2, 0.25) is 5.02 Å². The summed E-state index contributed by atoms with van der Waals surface area (Å²) in [6, 6.07) is 3.84. The van der Waals surface area contributed by atoms with Crippen molar-refractivity contribution in [1.29, 1.82) is 0 Å². The SMILES string of the molecule is Cn1ncc(Cl)c1C(NN)c1ccc(Br)s1. The van der Waals surface area contributed by atoms with Crippen molar-refractivity contribution >= 4 is 38.9 Å². The minimum absolute atomic E-state index is 0.142. The molecule has 7 heteroatoms. The van der Waals surface area contributed by atoms with Gasteiger partial charge in [-0.2, -0.15) is 5.10 Å². The van der Waals surface area contributed by atoms with Gasteiger partial charge in [-0.25, -0.2) is 5.43 Å². The molecule has 0 spiro atoms. The van der Waals surface area contributed by atoms with Gasteiger partial charge in [-0.15, -0.1) is 11.3 Å². The Bertz CT molecular complexity index is 476. The van der Waals surface area contributed by atoms with Gasteiger partial charge in [0.05, 0.1) is 26.7 Å². The number of nitrogens with zero attached hydrogens (tertiary/aromatic N) is 2. The molecular formula is C9H10BrClN4S. The number of halogens is 2. The number of rotatable bonds is 3. The molecule has 2 aromatic heterocycles. The highest BCUT2D eigenvalue weighted by Crippen LogP contribution is 2.33. The number of aryl methyl sites for hydroxylation is 1. The lowest BCUT2D eigenvalue weighted by Crippen LogP contribution is -2.30. The van der Waals surface area contributed by atoms with Crippen LogP contribution in [0.1, 0.15) is 16.6 Å². The van der Waals surface area contributed by atoms with Gasteiger partial charge in [0.2, 0.25) is 0 Å². The van der Waals surface area contributed by atoms with Crippen LogP contribution in [0.15, 0.2) is 22.1 Å². The topological polar surface area (TPSA) is 55.9 Å². The van der Waals surface area contributed by atoms with Crippen LogP contribution in [0.25, 0.3) is 0 Å². The molecule has 3 N–H and O–H groups in total. The van der Waals surface area contributed by atoms with Gasteiger partial charge in [0.15, 0.2) is 0 Å². The second kappa shape index (κ2) is 4.85. The quantitative estimate of drug-likeness (QED) is 0.674. The molecule has 2 heterocycles. The summed E-state index contributed by atoms with van der Waals surface area (Å²) in [5, 5.41) is 4.71. The zero-order valence-electron chi connectivity index (χ0n) is 8.45. The maximum atomic E-state index is 6.09.